The predicted octanol–water partition coefficient (Wildman–Crippen LogP) is 6.44. The molecule has 0 saturated carbocycles. The first-order chi connectivity index (χ1) is 13.0. The van der Waals surface area contributed by atoms with Gasteiger partial charge in [-0.15, -0.1) is 31.7 Å². The van der Waals surface area contributed by atoms with Crippen LogP contribution in [0.15, 0.2) is 0 Å². The normalized spacial score (nSPS) is 10.5. The van der Waals surface area contributed by atoms with Crippen molar-refractivity contribution in [3.05, 3.63) is 0 Å². The molecule has 0 nitrogen and oxygen atoms in total. The predicted molar refractivity (Wildman–Crippen MR) is 143 cm³/mol. The number of rotatable bonds is 14. The van der Waals surface area contributed by atoms with Crippen LogP contribution < -0.4 is 12.4 Å². The van der Waals surface area contributed by atoms with Gasteiger partial charge in [0.15, 0.2) is 0 Å². The maximum atomic E-state index is 4.76. The van der Waals surface area contributed by atoms with E-state index in [-0.39, 0.29) is 25.5 Å². The molecule has 0 atom stereocenters. The fourth-order valence-corrected chi connectivity index (χ4v) is 11.6. The van der Waals surface area contributed by atoms with Crippen LogP contribution in [0.5, 0.6) is 0 Å². The van der Waals surface area contributed by atoms with Crippen LogP contribution in [0.4, 0.5) is 0 Å². The van der Waals surface area contributed by atoms with Gasteiger partial charge in [0.2, 0.25) is 0 Å². The molecule has 0 rings (SSSR count). The van der Waals surface area contributed by atoms with Crippen molar-refractivity contribution in [1.82, 2.24) is 0 Å². The topological polar surface area (TPSA) is 0 Å². The first kappa shape index (κ1) is 38.4. The monoisotopic (exact) mass is 573 g/mol. The van der Waals surface area contributed by atoms with Gasteiger partial charge in [0, 0.05) is 0 Å². The maximum absolute atomic E-state index is 4.76. The molecule has 0 aromatic rings. The molecule has 0 aliphatic rings. The summed E-state index contributed by atoms with van der Waals surface area (Å²) in [6.07, 6.45) is 17.8. The van der Waals surface area contributed by atoms with Crippen molar-refractivity contribution in [3.8, 4) is 0 Å². The van der Waals surface area contributed by atoms with Gasteiger partial charge in [-0.05, 0) is 73.9 Å². The summed E-state index contributed by atoms with van der Waals surface area (Å²) in [6.45, 7) is 18.9. The van der Waals surface area contributed by atoms with Gasteiger partial charge in [-0.3, -0.25) is 0 Å². The minimum atomic E-state index is 0. The Bertz CT molecular complexity index is 204. The molecule has 0 aromatic carbocycles. The van der Waals surface area contributed by atoms with Crippen molar-refractivity contribution in [1.29, 1.82) is 0 Å². The molecule has 0 amide bonds. The third-order valence-electron chi connectivity index (χ3n) is 5.04. The van der Waals surface area contributed by atoms with Crippen LogP contribution in [0.25, 0.3) is 0 Å². The van der Waals surface area contributed by atoms with E-state index in [0.717, 1.165) is 0 Å². The van der Waals surface area contributed by atoms with E-state index in [2.05, 4.69) is 55.4 Å². The van der Waals surface area contributed by atoms with Crippen molar-refractivity contribution in [2.75, 3.05) is 73.9 Å². The van der Waals surface area contributed by atoms with Gasteiger partial charge in [0.05, 0.1) is 0 Å². The van der Waals surface area contributed by atoms with E-state index < -0.39 is 0 Å². The molecular weight excluding hydrogens is 526 g/mol. The van der Waals surface area contributed by atoms with E-state index >= 15 is 0 Å². The van der Waals surface area contributed by atoms with Crippen LogP contribution >= 0.6 is 51.9 Å². The molecule has 0 aliphatic carbocycles. The van der Waals surface area contributed by atoms with Crippen LogP contribution in [-0.2, 0) is 13.1 Å². The van der Waals surface area contributed by atoms with Crippen molar-refractivity contribution >= 4 is 51.9 Å². The molecule has 8 heteroatoms. The van der Waals surface area contributed by atoms with Gasteiger partial charge in [-0.1, -0.05) is 55.4 Å². The van der Waals surface area contributed by atoms with Crippen molar-refractivity contribution in [2.24, 2.45) is 0 Å². The molecule has 177 valence electrons. The van der Waals surface area contributed by atoms with Gasteiger partial charge >= 0.3 is 33.3 Å². The molecule has 0 heterocycles. The Kier molecular flexibility index (Phi) is 44.3. The molecule has 0 N–H and O–H groups in total. The first-order valence-electron chi connectivity index (χ1n) is 10.7. The number of hydrogen-bond donors (Lipinski definition) is 0. The van der Waals surface area contributed by atoms with Crippen LogP contribution in [0.2, 0.25) is 0 Å². The SMILES string of the molecule is CCP(CC)CCP(CC)CC.CCP(CC)CCP(CC)CC.[Cl-].[Cl][Fe+][Cl]. The van der Waals surface area contributed by atoms with E-state index in [4.69, 9.17) is 20.2 Å². The third-order valence-corrected chi connectivity index (χ3v) is 16.3. The van der Waals surface area contributed by atoms with E-state index in [1.165, 1.54) is 49.3 Å². The quantitative estimate of drug-likeness (QED) is 0.166. The van der Waals surface area contributed by atoms with E-state index in [9.17, 15) is 0 Å². The Labute approximate surface area is 205 Å². The fraction of sp³-hybridized carbons (Fsp3) is 1.00. The van der Waals surface area contributed by atoms with Crippen molar-refractivity contribution in [2.45, 2.75) is 55.4 Å². The van der Waals surface area contributed by atoms with Crippen LogP contribution in [0, 0.1) is 0 Å². The summed E-state index contributed by atoms with van der Waals surface area (Å²) in [5.74, 6) is 0. The number of halogens is 3. The summed E-state index contributed by atoms with van der Waals surface area (Å²) in [5.41, 5.74) is 0. The second kappa shape index (κ2) is 32.3. The Morgan fingerprint density at radius 3 is 0.607 bits per heavy atom. The minimum absolute atomic E-state index is 0. The molecule has 0 spiro atoms. The van der Waals surface area contributed by atoms with E-state index in [1.807, 2.05) is 0 Å². The van der Waals surface area contributed by atoms with Crippen LogP contribution in [-0.4, -0.2) is 73.9 Å². The third kappa shape index (κ3) is 27.1. The fourth-order valence-electron chi connectivity index (χ4n) is 2.73. The van der Waals surface area contributed by atoms with Gasteiger partial charge in [0.25, 0.3) is 0 Å². The molecule has 0 saturated heterocycles. The zero-order valence-corrected chi connectivity index (χ0v) is 26.7. The van der Waals surface area contributed by atoms with E-state index in [0.29, 0.717) is 31.7 Å². The molecule has 0 aromatic heterocycles. The standard InChI is InChI=1S/2C10H24P2.3ClH.Fe/c2*1-5-11(6-2)9-10-12(7-3)8-4;;;;/h2*5-10H2,1-4H3;3*1H;/q;;;;;+3/p-3. The van der Waals surface area contributed by atoms with Crippen molar-refractivity contribution < 1.29 is 25.5 Å². The van der Waals surface area contributed by atoms with Gasteiger partial charge in [-0.2, -0.15) is 0 Å². The van der Waals surface area contributed by atoms with Gasteiger partial charge < -0.3 is 12.4 Å². The Balaban J connectivity index is -0.000000175. The van der Waals surface area contributed by atoms with E-state index in [1.54, 1.807) is 24.6 Å². The summed E-state index contributed by atoms with van der Waals surface area (Å²) >= 11 is 0.194. The summed E-state index contributed by atoms with van der Waals surface area (Å²) in [4.78, 5) is 0. The molecule has 0 unspecified atom stereocenters. The molecule has 0 fully saturated rings. The summed E-state index contributed by atoms with van der Waals surface area (Å²) in [5, 5.41) is 0. The average Bonchev–Trinajstić information content (AvgIpc) is 2.70. The second-order valence-electron chi connectivity index (χ2n) is 6.16. The first-order valence-corrected chi connectivity index (χ1v) is 21.3. The molecular formula is C20H48Cl3FeP4. The molecule has 0 radical (unpaired) electrons. The van der Waals surface area contributed by atoms with Gasteiger partial charge in [-0.25, -0.2) is 0 Å². The Morgan fingerprint density at radius 1 is 0.429 bits per heavy atom. The van der Waals surface area contributed by atoms with Crippen LogP contribution in [0.1, 0.15) is 55.4 Å². The average molecular weight is 575 g/mol. The summed E-state index contributed by atoms with van der Waals surface area (Å²) in [7, 11) is 11.2. The zero-order chi connectivity index (χ0) is 21.5. The van der Waals surface area contributed by atoms with Crippen LogP contribution in [0.3, 0.4) is 0 Å². The molecule has 0 bridgehead atoms. The van der Waals surface area contributed by atoms with Gasteiger partial charge in [0.1, 0.15) is 0 Å². The second-order valence-corrected chi connectivity index (χ2v) is 20.2. The van der Waals surface area contributed by atoms with Crippen molar-refractivity contribution in [3.63, 3.8) is 0 Å². The number of hydrogen-bond acceptors (Lipinski definition) is 0. The summed E-state index contributed by atoms with van der Waals surface area (Å²) in [6, 6.07) is 0. The summed E-state index contributed by atoms with van der Waals surface area (Å²) < 4.78 is 0. The Hall–Kier alpha value is 3.11. The molecule has 0 aliphatic heterocycles. The zero-order valence-electron chi connectivity index (χ0n) is 19.8. The Morgan fingerprint density at radius 2 is 0.536 bits per heavy atom. The molecule has 28 heavy (non-hydrogen) atoms.